The molecule has 0 radical (unpaired) electrons. The van der Waals surface area contributed by atoms with Gasteiger partial charge in [-0.3, -0.25) is 11.3 Å². The predicted octanol–water partition coefficient (Wildman–Crippen LogP) is 3.34. The minimum Gasteiger partial charge on any atom is -0.494 e. The number of hydrogen-bond acceptors (Lipinski definition) is 3. The second kappa shape index (κ2) is 6.83. The molecule has 0 aliphatic rings. The molecular weight excluding hydrogens is 323 g/mol. The van der Waals surface area contributed by atoms with Crippen molar-refractivity contribution >= 4 is 15.9 Å². The predicted molar refractivity (Wildman–Crippen MR) is 80.9 cm³/mol. The molecule has 0 saturated heterocycles. The summed E-state index contributed by atoms with van der Waals surface area (Å²) in [5.74, 6) is 5.47. The van der Waals surface area contributed by atoms with Crippen LogP contribution in [0.15, 0.2) is 46.9 Å². The summed E-state index contributed by atoms with van der Waals surface area (Å²) in [5, 5.41) is 0. The van der Waals surface area contributed by atoms with Gasteiger partial charge in [0.25, 0.3) is 0 Å². The van der Waals surface area contributed by atoms with Gasteiger partial charge < -0.3 is 4.74 Å². The van der Waals surface area contributed by atoms with Gasteiger partial charge in [-0.05, 0) is 35.7 Å². The minimum atomic E-state index is -0.382. The molecule has 0 spiro atoms. The SMILES string of the molecule is COc1cc(C(Cc2ccccc2Br)NN)ccc1F. The molecule has 2 aromatic rings. The van der Waals surface area contributed by atoms with Crippen molar-refractivity contribution in [3.05, 3.63) is 63.9 Å². The van der Waals surface area contributed by atoms with Gasteiger partial charge in [-0.2, -0.15) is 0 Å². The number of hydrogen-bond donors (Lipinski definition) is 2. The van der Waals surface area contributed by atoms with E-state index in [9.17, 15) is 4.39 Å². The van der Waals surface area contributed by atoms with Crippen molar-refractivity contribution in [1.29, 1.82) is 0 Å². The van der Waals surface area contributed by atoms with E-state index in [4.69, 9.17) is 10.6 Å². The molecule has 20 heavy (non-hydrogen) atoms. The maximum absolute atomic E-state index is 13.4. The first-order valence-electron chi connectivity index (χ1n) is 6.18. The number of hydrazine groups is 1. The van der Waals surface area contributed by atoms with Gasteiger partial charge >= 0.3 is 0 Å². The topological polar surface area (TPSA) is 47.3 Å². The molecule has 0 saturated carbocycles. The fourth-order valence-corrected chi connectivity index (χ4v) is 2.50. The van der Waals surface area contributed by atoms with Gasteiger partial charge in [0, 0.05) is 4.47 Å². The number of halogens is 2. The Morgan fingerprint density at radius 2 is 2.05 bits per heavy atom. The average Bonchev–Trinajstić information content (AvgIpc) is 2.47. The second-order valence-electron chi connectivity index (χ2n) is 4.41. The smallest absolute Gasteiger partial charge is 0.165 e. The molecule has 0 aromatic heterocycles. The molecule has 0 aliphatic heterocycles. The van der Waals surface area contributed by atoms with Crippen LogP contribution in [0.1, 0.15) is 17.2 Å². The largest absolute Gasteiger partial charge is 0.494 e. The highest BCUT2D eigenvalue weighted by atomic mass is 79.9. The molecule has 3 nitrogen and oxygen atoms in total. The van der Waals surface area contributed by atoms with Gasteiger partial charge in [-0.1, -0.05) is 40.2 Å². The van der Waals surface area contributed by atoms with E-state index < -0.39 is 0 Å². The van der Waals surface area contributed by atoms with E-state index in [1.807, 2.05) is 24.3 Å². The molecule has 1 unspecified atom stereocenters. The summed E-state index contributed by atoms with van der Waals surface area (Å²) in [4.78, 5) is 0. The van der Waals surface area contributed by atoms with E-state index in [0.717, 1.165) is 15.6 Å². The third-order valence-corrected chi connectivity index (χ3v) is 3.93. The highest BCUT2D eigenvalue weighted by Gasteiger charge is 2.14. The molecule has 1 atom stereocenters. The van der Waals surface area contributed by atoms with Crippen LogP contribution in [0, 0.1) is 5.82 Å². The first-order chi connectivity index (χ1) is 9.65. The number of methoxy groups -OCH3 is 1. The Kier molecular flexibility index (Phi) is 5.11. The summed E-state index contributed by atoms with van der Waals surface area (Å²) in [6, 6.07) is 12.6. The molecular formula is C15H16BrFN2O. The third-order valence-electron chi connectivity index (χ3n) is 3.16. The van der Waals surface area contributed by atoms with Gasteiger partial charge in [0.1, 0.15) is 0 Å². The zero-order valence-corrected chi connectivity index (χ0v) is 12.7. The van der Waals surface area contributed by atoms with Crippen LogP contribution in [0.2, 0.25) is 0 Å². The van der Waals surface area contributed by atoms with Crippen molar-refractivity contribution in [2.24, 2.45) is 5.84 Å². The monoisotopic (exact) mass is 338 g/mol. The van der Waals surface area contributed by atoms with E-state index in [2.05, 4.69) is 21.4 Å². The molecule has 0 amide bonds. The van der Waals surface area contributed by atoms with Crippen LogP contribution < -0.4 is 16.0 Å². The van der Waals surface area contributed by atoms with Crippen molar-refractivity contribution in [2.75, 3.05) is 7.11 Å². The van der Waals surface area contributed by atoms with E-state index in [0.29, 0.717) is 6.42 Å². The van der Waals surface area contributed by atoms with E-state index >= 15 is 0 Å². The lowest BCUT2D eigenvalue weighted by Gasteiger charge is -2.18. The number of ether oxygens (including phenoxy) is 1. The highest BCUT2D eigenvalue weighted by Crippen LogP contribution is 2.26. The molecule has 0 bridgehead atoms. The Hall–Kier alpha value is -1.43. The fraction of sp³-hybridized carbons (Fsp3) is 0.200. The molecule has 2 rings (SSSR count). The summed E-state index contributed by atoms with van der Waals surface area (Å²) in [7, 11) is 1.45. The standard InChI is InChI=1S/C15H16BrFN2O/c1-20-15-9-11(6-7-13(15)17)14(19-18)8-10-4-2-3-5-12(10)16/h2-7,9,14,19H,8,18H2,1H3. The molecule has 0 fully saturated rings. The van der Waals surface area contributed by atoms with Crippen molar-refractivity contribution in [2.45, 2.75) is 12.5 Å². The van der Waals surface area contributed by atoms with E-state index in [1.165, 1.54) is 13.2 Å². The van der Waals surface area contributed by atoms with Crippen molar-refractivity contribution in [3.8, 4) is 5.75 Å². The first-order valence-corrected chi connectivity index (χ1v) is 6.98. The summed E-state index contributed by atoms with van der Waals surface area (Å²) < 4.78 is 19.5. The lowest BCUT2D eigenvalue weighted by Crippen LogP contribution is -2.29. The molecule has 0 heterocycles. The molecule has 5 heteroatoms. The van der Waals surface area contributed by atoms with Gasteiger partial charge in [-0.25, -0.2) is 4.39 Å². The Morgan fingerprint density at radius 3 is 2.70 bits per heavy atom. The first kappa shape index (κ1) is 15.0. The number of nitrogens with one attached hydrogen (secondary N) is 1. The summed E-state index contributed by atoms with van der Waals surface area (Å²) in [6.45, 7) is 0. The lowest BCUT2D eigenvalue weighted by atomic mass is 9.99. The van der Waals surface area contributed by atoms with E-state index in [1.54, 1.807) is 12.1 Å². The Balaban J connectivity index is 2.26. The minimum absolute atomic E-state index is 0.122. The zero-order valence-electron chi connectivity index (χ0n) is 11.1. The van der Waals surface area contributed by atoms with Crippen molar-refractivity contribution in [3.63, 3.8) is 0 Å². The average molecular weight is 339 g/mol. The quantitative estimate of drug-likeness (QED) is 0.649. The lowest BCUT2D eigenvalue weighted by molar-refractivity contribution is 0.384. The Labute approximate surface area is 126 Å². The van der Waals surface area contributed by atoms with Crippen molar-refractivity contribution in [1.82, 2.24) is 5.43 Å². The number of rotatable bonds is 5. The number of benzene rings is 2. The van der Waals surface area contributed by atoms with Gasteiger partial charge in [-0.15, -0.1) is 0 Å². The second-order valence-corrected chi connectivity index (χ2v) is 5.26. The summed E-state index contributed by atoms with van der Waals surface area (Å²) in [5.41, 5.74) is 4.77. The van der Waals surface area contributed by atoms with Gasteiger partial charge in [0.05, 0.1) is 13.2 Å². The summed E-state index contributed by atoms with van der Waals surface area (Å²) in [6.07, 6.45) is 0.687. The van der Waals surface area contributed by atoms with Crippen LogP contribution in [0.25, 0.3) is 0 Å². The maximum atomic E-state index is 13.4. The normalized spacial score (nSPS) is 12.2. The van der Waals surface area contributed by atoms with Crippen molar-refractivity contribution < 1.29 is 9.13 Å². The fourth-order valence-electron chi connectivity index (χ4n) is 2.05. The third kappa shape index (κ3) is 3.36. The Bertz CT molecular complexity index is 592. The van der Waals surface area contributed by atoms with Crippen LogP contribution >= 0.6 is 15.9 Å². The Morgan fingerprint density at radius 1 is 1.30 bits per heavy atom. The number of nitrogens with two attached hydrogens (primary N) is 1. The maximum Gasteiger partial charge on any atom is 0.165 e. The molecule has 2 aromatic carbocycles. The summed E-state index contributed by atoms with van der Waals surface area (Å²) >= 11 is 3.51. The zero-order chi connectivity index (χ0) is 14.5. The van der Waals surface area contributed by atoms with Crippen LogP contribution in [0.4, 0.5) is 4.39 Å². The molecule has 106 valence electrons. The van der Waals surface area contributed by atoms with Gasteiger partial charge in [0.2, 0.25) is 0 Å². The van der Waals surface area contributed by atoms with Crippen LogP contribution in [-0.4, -0.2) is 7.11 Å². The van der Waals surface area contributed by atoms with Gasteiger partial charge in [0.15, 0.2) is 11.6 Å². The van der Waals surface area contributed by atoms with Crippen LogP contribution in [0.3, 0.4) is 0 Å². The molecule has 0 aliphatic carbocycles. The van der Waals surface area contributed by atoms with Crippen LogP contribution in [-0.2, 0) is 6.42 Å². The molecule has 3 N–H and O–H groups in total. The van der Waals surface area contributed by atoms with Crippen LogP contribution in [0.5, 0.6) is 5.75 Å². The highest BCUT2D eigenvalue weighted by molar-refractivity contribution is 9.10. The van der Waals surface area contributed by atoms with E-state index in [-0.39, 0.29) is 17.6 Å².